The third-order valence-corrected chi connectivity index (χ3v) is 5.35. The molecule has 0 aliphatic carbocycles. The molecule has 7 heteroatoms. The summed E-state index contributed by atoms with van der Waals surface area (Å²) in [7, 11) is 0. The number of piperidine rings is 1. The molecule has 1 aromatic carbocycles. The van der Waals surface area contributed by atoms with E-state index in [1.165, 1.54) is 17.8 Å². The summed E-state index contributed by atoms with van der Waals surface area (Å²) in [5.74, 6) is -0.153. The Morgan fingerprint density at radius 1 is 1.22 bits per heavy atom. The fourth-order valence-corrected chi connectivity index (χ4v) is 3.87. The molecule has 2 aromatic rings. The van der Waals surface area contributed by atoms with Crippen molar-refractivity contribution in [3.05, 3.63) is 49.9 Å². The number of hydrogen-bond donors (Lipinski definition) is 1. The highest BCUT2D eigenvalue weighted by Crippen LogP contribution is 2.27. The standard InChI is InChI=1S/C16H17Cl2N3OS/c17-12-5-4-6-13(18)11(12)9-15-19-14(10-23-15)16(22)20-21-7-2-1-3-8-21/h4-6,10H,1-3,7-9H2,(H,20,22). The van der Waals surface area contributed by atoms with Crippen molar-refractivity contribution in [3.63, 3.8) is 0 Å². The van der Waals surface area contributed by atoms with Crippen molar-refractivity contribution in [3.8, 4) is 0 Å². The first-order valence-corrected chi connectivity index (χ1v) is 9.20. The molecule has 1 aliphatic heterocycles. The Hall–Kier alpha value is -1.14. The van der Waals surface area contributed by atoms with E-state index < -0.39 is 0 Å². The second-order valence-corrected chi connectivity index (χ2v) is 7.25. The molecule has 0 atom stereocenters. The Balaban J connectivity index is 1.66. The normalized spacial score (nSPS) is 15.6. The predicted molar refractivity (Wildman–Crippen MR) is 94.3 cm³/mol. The van der Waals surface area contributed by atoms with Gasteiger partial charge < -0.3 is 0 Å². The Kier molecular flexibility index (Phi) is 5.54. The SMILES string of the molecule is O=C(NN1CCCCC1)c1csc(Cc2c(Cl)cccc2Cl)n1. The van der Waals surface area contributed by atoms with E-state index in [9.17, 15) is 4.79 Å². The molecule has 0 spiro atoms. The number of hydrazine groups is 1. The van der Waals surface area contributed by atoms with Gasteiger partial charge in [0.1, 0.15) is 5.69 Å². The molecule has 0 radical (unpaired) electrons. The summed E-state index contributed by atoms with van der Waals surface area (Å²) in [4.78, 5) is 16.7. The highest BCUT2D eigenvalue weighted by Gasteiger charge is 2.17. The van der Waals surface area contributed by atoms with E-state index >= 15 is 0 Å². The fraction of sp³-hybridized carbons (Fsp3) is 0.375. The molecule has 1 amide bonds. The predicted octanol–water partition coefficient (Wildman–Crippen LogP) is 4.17. The van der Waals surface area contributed by atoms with Crippen LogP contribution in [0.4, 0.5) is 0 Å². The number of halogens is 2. The molecule has 1 N–H and O–H groups in total. The molecule has 1 fully saturated rings. The third kappa shape index (κ3) is 4.23. The van der Waals surface area contributed by atoms with E-state index in [-0.39, 0.29) is 5.91 Å². The van der Waals surface area contributed by atoms with Gasteiger partial charge in [0.15, 0.2) is 0 Å². The number of hydrogen-bond acceptors (Lipinski definition) is 4. The van der Waals surface area contributed by atoms with Crippen LogP contribution >= 0.6 is 34.5 Å². The lowest BCUT2D eigenvalue weighted by Crippen LogP contribution is -2.45. The number of nitrogens with one attached hydrogen (secondary N) is 1. The van der Waals surface area contributed by atoms with Crippen LogP contribution in [0.1, 0.15) is 40.3 Å². The monoisotopic (exact) mass is 369 g/mol. The minimum absolute atomic E-state index is 0.153. The highest BCUT2D eigenvalue weighted by molar-refractivity contribution is 7.09. The number of amides is 1. The number of thiazole rings is 1. The van der Waals surface area contributed by atoms with Gasteiger partial charge in [-0.1, -0.05) is 35.7 Å². The third-order valence-electron chi connectivity index (χ3n) is 3.79. The van der Waals surface area contributed by atoms with Crippen molar-refractivity contribution >= 4 is 40.4 Å². The Bertz CT molecular complexity index is 678. The molecular weight excluding hydrogens is 353 g/mol. The zero-order valence-corrected chi connectivity index (χ0v) is 14.8. The first kappa shape index (κ1) is 16.7. The van der Waals surface area contributed by atoms with Crippen LogP contribution in [0.3, 0.4) is 0 Å². The van der Waals surface area contributed by atoms with Crippen LogP contribution in [0, 0.1) is 0 Å². The van der Waals surface area contributed by atoms with Gasteiger partial charge in [0.25, 0.3) is 5.91 Å². The van der Waals surface area contributed by atoms with Crippen LogP contribution in [0.15, 0.2) is 23.6 Å². The number of rotatable bonds is 4. The lowest BCUT2D eigenvalue weighted by molar-refractivity contribution is 0.0745. The van der Waals surface area contributed by atoms with Crippen molar-refractivity contribution in [1.29, 1.82) is 0 Å². The number of carbonyl (C=O) groups excluding carboxylic acids is 1. The summed E-state index contributed by atoms with van der Waals surface area (Å²) in [5.41, 5.74) is 4.21. The molecule has 1 aliphatic rings. The van der Waals surface area contributed by atoms with E-state index in [4.69, 9.17) is 23.2 Å². The van der Waals surface area contributed by atoms with E-state index in [1.54, 1.807) is 17.5 Å². The van der Waals surface area contributed by atoms with Crippen molar-refractivity contribution in [2.45, 2.75) is 25.7 Å². The number of carbonyl (C=O) groups is 1. The molecule has 4 nitrogen and oxygen atoms in total. The Labute approximate surface area is 149 Å². The van der Waals surface area contributed by atoms with Crippen molar-refractivity contribution in [2.24, 2.45) is 0 Å². The van der Waals surface area contributed by atoms with E-state index in [1.807, 2.05) is 11.1 Å². The molecule has 122 valence electrons. The van der Waals surface area contributed by atoms with E-state index in [0.29, 0.717) is 22.2 Å². The maximum absolute atomic E-state index is 12.3. The highest BCUT2D eigenvalue weighted by atomic mass is 35.5. The number of aromatic nitrogens is 1. The van der Waals surface area contributed by atoms with Gasteiger partial charge in [0, 0.05) is 34.9 Å². The fourth-order valence-electron chi connectivity index (χ4n) is 2.56. The summed E-state index contributed by atoms with van der Waals surface area (Å²) < 4.78 is 0. The minimum atomic E-state index is -0.153. The van der Waals surface area contributed by atoms with Gasteiger partial charge in [-0.2, -0.15) is 0 Å². The largest absolute Gasteiger partial charge is 0.285 e. The molecular formula is C16H17Cl2N3OS. The zero-order valence-electron chi connectivity index (χ0n) is 12.5. The quantitative estimate of drug-likeness (QED) is 0.879. The number of benzene rings is 1. The van der Waals surface area contributed by atoms with Gasteiger partial charge in [-0.25, -0.2) is 9.99 Å². The molecule has 0 saturated carbocycles. The van der Waals surface area contributed by atoms with Crippen molar-refractivity contribution in [1.82, 2.24) is 15.4 Å². The molecule has 0 unspecified atom stereocenters. The maximum atomic E-state index is 12.3. The molecule has 1 aromatic heterocycles. The van der Waals surface area contributed by atoms with Crippen molar-refractivity contribution < 1.29 is 4.79 Å². The minimum Gasteiger partial charge on any atom is -0.283 e. The lowest BCUT2D eigenvalue weighted by Gasteiger charge is -2.26. The Morgan fingerprint density at radius 2 is 1.91 bits per heavy atom. The van der Waals surface area contributed by atoms with Gasteiger partial charge in [-0.15, -0.1) is 11.3 Å². The first-order valence-electron chi connectivity index (χ1n) is 7.56. The molecule has 3 rings (SSSR count). The van der Waals surface area contributed by atoms with Crippen LogP contribution < -0.4 is 5.43 Å². The summed E-state index contributed by atoms with van der Waals surface area (Å²) in [6.07, 6.45) is 3.99. The summed E-state index contributed by atoms with van der Waals surface area (Å²) in [6, 6.07) is 5.42. The second-order valence-electron chi connectivity index (χ2n) is 5.49. The molecule has 23 heavy (non-hydrogen) atoms. The topological polar surface area (TPSA) is 45.2 Å². The van der Waals surface area contributed by atoms with Gasteiger partial charge >= 0.3 is 0 Å². The molecule has 2 heterocycles. The molecule has 1 saturated heterocycles. The van der Waals surface area contributed by atoms with Crippen LogP contribution in [0.5, 0.6) is 0 Å². The first-order chi connectivity index (χ1) is 11.1. The van der Waals surface area contributed by atoms with Crippen molar-refractivity contribution in [2.75, 3.05) is 13.1 Å². The van der Waals surface area contributed by atoms with Crippen LogP contribution in [-0.4, -0.2) is 29.0 Å². The van der Waals surface area contributed by atoms with Crippen LogP contribution in [0.2, 0.25) is 10.0 Å². The van der Waals surface area contributed by atoms with Gasteiger partial charge in [-0.05, 0) is 30.5 Å². The lowest BCUT2D eigenvalue weighted by atomic mass is 10.1. The van der Waals surface area contributed by atoms with Gasteiger partial charge in [0.05, 0.1) is 5.01 Å². The van der Waals surface area contributed by atoms with Gasteiger partial charge in [0.2, 0.25) is 0 Å². The average molecular weight is 370 g/mol. The summed E-state index contributed by atoms with van der Waals surface area (Å²) >= 11 is 13.8. The van der Waals surface area contributed by atoms with E-state index in [0.717, 1.165) is 36.5 Å². The number of nitrogens with zero attached hydrogens (tertiary/aromatic N) is 2. The van der Waals surface area contributed by atoms with Crippen LogP contribution in [0.25, 0.3) is 0 Å². The zero-order chi connectivity index (χ0) is 16.2. The van der Waals surface area contributed by atoms with E-state index in [2.05, 4.69) is 10.4 Å². The Morgan fingerprint density at radius 3 is 2.61 bits per heavy atom. The summed E-state index contributed by atoms with van der Waals surface area (Å²) in [6.45, 7) is 1.80. The smallest absolute Gasteiger partial charge is 0.283 e. The second kappa shape index (κ2) is 7.62. The summed E-state index contributed by atoms with van der Waals surface area (Å²) in [5, 5.41) is 5.80. The van der Waals surface area contributed by atoms with Crippen LogP contribution in [-0.2, 0) is 6.42 Å². The maximum Gasteiger partial charge on any atom is 0.285 e. The van der Waals surface area contributed by atoms with Gasteiger partial charge in [-0.3, -0.25) is 10.2 Å². The average Bonchev–Trinajstić information content (AvgIpc) is 3.01. The molecule has 0 bridgehead atoms.